The molecule has 2 atom stereocenters. The van der Waals surface area contributed by atoms with E-state index < -0.39 is 6.04 Å². The molecule has 1 heterocycles. The zero-order valence-electron chi connectivity index (χ0n) is 17.0. The second kappa shape index (κ2) is 9.05. The molecule has 0 saturated carbocycles. The third-order valence-corrected chi connectivity index (χ3v) is 5.32. The van der Waals surface area contributed by atoms with Crippen molar-refractivity contribution in [3.05, 3.63) is 71.3 Å². The highest BCUT2D eigenvalue weighted by atomic mass is 16.2. The predicted octanol–water partition coefficient (Wildman–Crippen LogP) is 4.37. The molecule has 1 saturated heterocycles. The summed E-state index contributed by atoms with van der Waals surface area (Å²) in [7, 11) is 0. The van der Waals surface area contributed by atoms with Crippen molar-refractivity contribution in [2.75, 3.05) is 6.54 Å². The first-order valence-corrected chi connectivity index (χ1v) is 10.2. The minimum atomic E-state index is -0.393. The molecule has 0 aromatic heterocycles. The Bertz CT molecular complexity index is 799. The Morgan fingerprint density at radius 3 is 2.36 bits per heavy atom. The molecule has 0 aliphatic carbocycles. The van der Waals surface area contributed by atoms with E-state index in [0.29, 0.717) is 24.4 Å². The number of carbonyl (C=O) groups is 2. The molecule has 1 fully saturated rings. The van der Waals surface area contributed by atoms with Gasteiger partial charge in [-0.25, -0.2) is 0 Å². The van der Waals surface area contributed by atoms with Gasteiger partial charge in [-0.3, -0.25) is 9.59 Å². The molecule has 148 valence electrons. The van der Waals surface area contributed by atoms with Crippen LogP contribution in [0.1, 0.15) is 61.1 Å². The van der Waals surface area contributed by atoms with E-state index in [2.05, 4.69) is 43.4 Å². The maximum absolute atomic E-state index is 12.9. The van der Waals surface area contributed by atoms with Crippen molar-refractivity contribution in [1.82, 2.24) is 10.2 Å². The molecule has 0 radical (unpaired) electrons. The van der Waals surface area contributed by atoms with Crippen LogP contribution in [0.15, 0.2) is 54.6 Å². The van der Waals surface area contributed by atoms with Crippen LogP contribution in [0.2, 0.25) is 0 Å². The van der Waals surface area contributed by atoms with E-state index in [1.807, 2.05) is 25.1 Å². The van der Waals surface area contributed by atoms with E-state index in [0.717, 1.165) is 18.4 Å². The van der Waals surface area contributed by atoms with Crippen LogP contribution >= 0.6 is 0 Å². The number of nitrogens with zero attached hydrogens (tertiary/aromatic N) is 1. The summed E-state index contributed by atoms with van der Waals surface area (Å²) in [6.45, 7) is 7.04. The Kier molecular flexibility index (Phi) is 6.50. The molecular weight excluding hydrogens is 348 g/mol. The third kappa shape index (κ3) is 4.80. The highest BCUT2D eigenvalue weighted by Gasteiger charge is 2.34. The summed E-state index contributed by atoms with van der Waals surface area (Å²) >= 11 is 0. The lowest BCUT2D eigenvalue weighted by Crippen LogP contribution is -2.46. The summed E-state index contributed by atoms with van der Waals surface area (Å²) in [5.41, 5.74) is 3.03. The van der Waals surface area contributed by atoms with Gasteiger partial charge in [0, 0.05) is 12.1 Å². The molecular formula is C24H30N2O2. The molecule has 1 aliphatic heterocycles. The smallest absolute Gasteiger partial charge is 0.254 e. The summed E-state index contributed by atoms with van der Waals surface area (Å²) in [4.78, 5) is 27.4. The number of likely N-dealkylation sites (tertiary alicyclic amines) is 1. The van der Waals surface area contributed by atoms with Crippen molar-refractivity contribution in [2.45, 2.75) is 52.1 Å². The summed E-state index contributed by atoms with van der Waals surface area (Å²) in [6, 6.07) is 17.2. The van der Waals surface area contributed by atoms with Crippen molar-refractivity contribution in [1.29, 1.82) is 0 Å². The molecule has 28 heavy (non-hydrogen) atoms. The average molecular weight is 379 g/mol. The van der Waals surface area contributed by atoms with Gasteiger partial charge in [-0.05, 0) is 55.4 Å². The maximum atomic E-state index is 12.9. The van der Waals surface area contributed by atoms with E-state index >= 15 is 0 Å². The average Bonchev–Trinajstić information content (AvgIpc) is 3.18. The Balaban J connectivity index is 1.63. The number of hydrogen-bond acceptors (Lipinski definition) is 2. The minimum absolute atomic E-state index is 0.0658. The number of carbonyl (C=O) groups excluding carboxylic acids is 2. The molecule has 1 aliphatic rings. The first-order valence-electron chi connectivity index (χ1n) is 10.2. The van der Waals surface area contributed by atoms with Crippen LogP contribution < -0.4 is 5.32 Å². The molecule has 4 nitrogen and oxygen atoms in total. The molecule has 2 aromatic carbocycles. The van der Waals surface area contributed by atoms with E-state index in [1.54, 1.807) is 17.0 Å². The molecule has 2 unspecified atom stereocenters. The summed E-state index contributed by atoms with van der Waals surface area (Å²) in [5.74, 6) is 0.489. The predicted molar refractivity (Wildman–Crippen MR) is 112 cm³/mol. The Morgan fingerprint density at radius 1 is 1.04 bits per heavy atom. The lowest BCUT2D eigenvalue weighted by atomic mass is 10.00. The van der Waals surface area contributed by atoms with Crippen molar-refractivity contribution in [2.24, 2.45) is 5.92 Å². The van der Waals surface area contributed by atoms with E-state index in [1.165, 1.54) is 5.56 Å². The number of benzene rings is 2. The van der Waals surface area contributed by atoms with E-state index in [-0.39, 0.29) is 17.9 Å². The molecule has 2 amide bonds. The molecule has 0 bridgehead atoms. The molecule has 0 spiro atoms. The topological polar surface area (TPSA) is 49.4 Å². The largest absolute Gasteiger partial charge is 0.348 e. The number of nitrogens with one attached hydrogen (secondary N) is 1. The summed E-state index contributed by atoms with van der Waals surface area (Å²) in [5, 5.41) is 3.10. The van der Waals surface area contributed by atoms with Crippen LogP contribution in [-0.2, 0) is 11.2 Å². The normalized spacial score (nSPS) is 17.6. The number of rotatable bonds is 6. The van der Waals surface area contributed by atoms with Crippen molar-refractivity contribution >= 4 is 11.8 Å². The highest BCUT2D eigenvalue weighted by molar-refractivity contribution is 5.98. The van der Waals surface area contributed by atoms with Crippen LogP contribution in [0.25, 0.3) is 0 Å². The first kappa shape index (κ1) is 20.1. The fraction of sp³-hybridized carbons (Fsp3) is 0.417. The van der Waals surface area contributed by atoms with Crippen LogP contribution in [0.3, 0.4) is 0 Å². The van der Waals surface area contributed by atoms with E-state index in [4.69, 9.17) is 0 Å². The second-order valence-corrected chi connectivity index (χ2v) is 8.09. The summed E-state index contributed by atoms with van der Waals surface area (Å²) in [6.07, 6.45) is 2.62. The van der Waals surface area contributed by atoms with Crippen LogP contribution in [0, 0.1) is 5.92 Å². The highest BCUT2D eigenvalue weighted by Crippen LogP contribution is 2.22. The molecule has 1 N–H and O–H groups in total. The third-order valence-electron chi connectivity index (χ3n) is 5.32. The van der Waals surface area contributed by atoms with Gasteiger partial charge in [0.1, 0.15) is 6.04 Å². The first-order chi connectivity index (χ1) is 13.5. The van der Waals surface area contributed by atoms with Gasteiger partial charge in [0.2, 0.25) is 5.91 Å². The van der Waals surface area contributed by atoms with Gasteiger partial charge < -0.3 is 10.2 Å². The fourth-order valence-electron chi connectivity index (χ4n) is 3.84. The van der Waals surface area contributed by atoms with Crippen LogP contribution in [0.5, 0.6) is 0 Å². The van der Waals surface area contributed by atoms with Gasteiger partial charge in [0.15, 0.2) is 0 Å². The number of hydrogen-bond donors (Lipinski definition) is 1. The monoisotopic (exact) mass is 378 g/mol. The van der Waals surface area contributed by atoms with Crippen molar-refractivity contribution in [3.63, 3.8) is 0 Å². The Hall–Kier alpha value is -2.62. The standard InChI is InChI=1S/C24H30N2O2/c1-17(2)16-19-11-13-20(14-12-19)18(3)25-23(27)22-10-7-15-26(22)24(28)21-8-5-4-6-9-21/h4-6,8-9,11-14,17-18,22H,7,10,15-16H2,1-3H3,(H,25,27). The molecule has 4 heteroatoms. The van der Waals surface area contributed by atoms with Gasteiger partial charge in [-0.2, -0.15) is 0 Å². The van der Waals surface area contributed by atoms with Crippen molar-refractivity contribution in [3.8, 4) is 0 Å². The van der Waals surface area contributed by atoms with E-state index in [9.17, 15) is 9.59 Å². The van der Waals surface area contributed by atoms with Crippen LogP contribution in [-0.4, -0.2) is 29.3 Å². The second-order valence-electron chi connectivity index (χ2n) is 8.09. The molecule has 2 aromatic rings. The van der Waals surface area contributed by atoms with Gasteiger partial charge in [-0.15, -0.1) is 0 Å². The fourth-order valence-corrected chi connectivity index (χ4v) is 3.84. The quantitative estimate of drug-likeness (QED) is 0.812. The van der Waals surface area contributed by atoms with Gasteiger partial charge >= 0.3 is 0 Å². The Morgan fingerprint density at radius 2 is 1.71 bits per heavy atom. The van der Waals surface area contributed by atoms with Crippen LogP contribution in [0.4, 0.5) is 0 Å². The zero-order valence-corrected chi connectivity index (χ0v) is 17.0. The summed E-state index contributed by atoms with van der Waals surface area (Å²) < 4.78 is 0. The Labute approximate surface area is 167 Å². The molecule has 3 rings (SSSR count). The lowest BCUT2D eigenvalue weighted by Gasteiger charge is -2.26. The van der Waals surface area contributed by atoms with Gasteiger partial charge in [0.25, 0.3) is 5.91 Å². The van der Waals surface area contributed by atoms with Gasteiger partial charge in [-0.1, -0.05) is 56.3 Å². The maximum Gasteiger partial charge on any atom is 0.254 e. The lowest BCUT2D eigenvalue weighted by molar-refractivity contribution is -0.125. The van der Waals surface area contributed by atoms with Crippen molar-refractivity contribution < 1.29 is 9.59 Å². The SMILES string of the molecule is CC(C)Cc1ccc(C(C)NC(=O)C2CCCN2C(=O)c2ccccc2)cc1. The number of amides is 2. The zero-order chi connectivity index (χ0) is 20.1. The van der Waals surface area contributed by atoms with Gasteiger partial charge in [0.05, 0.1) is 6.04 Å². The minimum Gasteiger partial charge on any atom is -0.348 e.